The molecule has 2 aliphatic rings. The van der Waals surface area contributed by atoms with E-state index in [-0.39, 0.29) is 12.5 Å². The Morgan fingerprint density at radius 3 is 2.52 bits per heavy atom. The first kappa shape index (κ1) is 22.9. The highest BCUT2D eigenvalue weighted by Gasteiger charge is 2.52. The number of hydrogen-bond acceptors (Lipinski definition) is 6. The van der Waals surface area contributed by atoms with E-state index in [2.05, 4.69) is 17.7 Å². The summed E-state index contributed by atoms with van der Waals surface area (Å²) in [6.07, 6.45) is 2.96. The molecular formula is C22H32N4O5. The zero-order valence-corrected chi connectivity index (χ0v) is 18.7. The van der Waals surface area contributed by atoms with Gasteiger partial charge in [-0.3, -0.25) is 19.9 Å². The predicted molar refractivity (Wildman–Crippen MR) is 114 cm³/mol. The van der Waals surface area contributed by atoms with Crippen LogP contribution in [0.4, 0.5) is 4.79 Å². The topological polar surface area (TPSA) is 100 Å². The lowest BCUT2D eigenvalue weighted by Gasteiger charge is -2.33. The minimum atomic E-state index is -0.874. The number of imide groups is 1. The molecule has 9 nitrogen and oxygen atoms in total. The molecule has 1 aliphatic heterocycles. The first-order valence-corrected chi connectivity index (χ1v) is 10.7. The smallest absolute Gasteiger partial charge is 0.344 e. The van der Waals surface area contributed by atoms with Gasteiger partial charge in [0.1, 0.15) is 5.54 Å². The molecule has 2 N–H and O–H groups in total. The van der Waals surface area contributed by atoms with Crippen LogP contribution in [-0.2, 0) is 16.1 Å². The second-order valence-electron chi connectivity index (χ2n) is 8.36. The van der Waals surface area contributed by atoms with Crippen molar-refractivity contribution < 1.29 is 23.9 Å². The number of benzene rings is 1. The fourth-order valence-electron chi connectivity index (χ4n) is 4.20. The van der Waals surface area contributed by atoms with Crippen molar-refractivity contribution in [2.75, 3.05) is 27.3 Å². The number of nitrogens with one attached hydrogen (secondary N) is 2. The van der Waals surface area contributed by atoms with Crippen LogP contribution in [0.3, 0.4) is 0 Å². The minimum Gasteiger partial charge on any atom is -0.493 e. The molecule has 1 spiro atoms. The maximum Gasteiger partial charge on any atom is 0.344 e. The standard InChI is InChI=1S/C22H32N4O5/c1-5-25(13-16-6-7-17(30-3)18(12-16)31-4)14-19(27)24-26-20(28)22(23-21(26)29)10-8-15(2)9-11-22/h6-7,12,15H,5,8-11,13-14H2,1-4H3,(H,23,29)(H,24,27). The lowest BCUT2D eigenvalue weighted by molar-refractivity contribution is -0.140. The zero-order valence-electron chi connectivity index (χ0n) is 18.7. The van der Waals surface area contributed by atoms with Crippen molar-refractivity contribution in [1.29, 1.82) is 0 Å². The lowest BCUT2D eigenvalue weighted by Crippen LogP contribution is -2.52. The lowest BCUT2D eigenvalue weighted by atomic mass is 9.77. The van der Waals surface area contributed by atoms with Crippen molar-refractivity contribution in [2.24, 2.45) is 5.92 Å². The van der Waals surface area contributed by atoms with Gasteiger partial charge in [-0.15, -0.1) is 0 Å². The number of hydrazine groups is 1. The molecule has 1 aliphatic carbocycles. The molecule has 31 heavy (non-hydrogen) atoms. The highest BCUT2D eigenvalue weighted by atomic mass is 16.5. The Morgan fingerprint density at radius 2 is 1.90 bits per heavy atom. The number of methoxy groups -OCH3 is 2. The summed E-state index contributed by atoms with van der Waals surface area (Å²) in [5.41, 5.74) is 2.58. The van der Waals surface area contributed by atoms with Gasteiger partial charge in [0, 0.05) is 6.54 Å². The zero-order chi connectivity index (χ0) is 22.6. The second kappa shape index (κ2) is 9.55. The van der Waals surface area contributed by atoms with Gasteiger partial charge in [-0.25, -0.2) is 4.79 Å². The number of hydrogen-bond donors (Lipinski definition) is 2. The van der Waals surface area contributed by atoms with Crippen LogP contribution in [0.2, 0.25) is 0 Å². The SMILES string of the molecule is CCN(CC(=O)NN1C(=O)NC2(CCC(C)CC2)C1=O)Cc1ccc(OC)c(OC)c1. The molecule has 0 unspecified atom stereocenters. The Bertz CT molecular complexity index is 835. The summed E-state index contributed by atoms with van der Waals surface area (Å²) in [6.45, 7) is 5.26. The van der Waals surface area contributed by atoms with E-state index in [1.165, 1.54) is 0 Å². The highest BCUT2D eigenvalue weighted by molar-refractivity contribution is 6.08. The summed E-state index contributed by atoms with van der Waals surface area (Å²) in [7, 11) is 3.15. The largest absolute Gasteiger partial charge is 0.493 e. The molecule has 170 valence electrons. The van der Waals surface area contributed by atoms with Gasteiger partial charge >= 0.3 is 6.03 Å². The summed E-state index contributed by atoms with van der Waals surface area (Å²) < 4.78 is 10.6. The van der Waals surface area contributed by atoms with Crippen molar-refractivity contribution >= 4 is 17.8 Å². The van der Waals surface area contributed by atoms with Crippen LogP contribution in [0.25, 0.3) is 0 Å². The number of rotatable bonds is 8. The average molecular weight is 433 g/mol. The van der Waals surface area contributed by atoms with Crippen molar-refractivity contribution in [2.45, 2.75) is 51.6 Å². The average Bonchev–Trinajstić information content (AvgIpc) is 2.99. The Labute approximate surface area is 183 Å². The molecule has 1 saturated carbocycles. The number of carbonyl (C=O) groups excluding carboxylic acids is 3. The van der Waals surface area contributed by atoms with Crippen LogP contribution in [0.1, 0.15) is 45.1 Å². The summed E-state index contributed by atoms with van der Waals surface area (Å²) in [6, 6.07) is 5.04. The van der Waals surface area contributed by atoms with Crippen LogP contribution >= 0.6 is 0 Å². The van der Waals surface area contributed by atoms with Gasteiger partial charge in [0.15, 0.2) is 11.5 Å². The number of amides is 4. The van der Waals surface area contributed by atoms with Crippen molar-refractivity contribution in [3.63, 3.8) is 0 Å². The fourth-order valence-corrected chi connectivity index (χ4v) is 4.20. The molecule has 1 heterocycles. The van der Waals surface area contributed by atoms with E-state index in [9.17, 15) is 14.4 Å². The third kappa shape index (κ3) is 4.92. The number of carbonyl (C=O) groups is 3. The highest BCUT2D eigenvalue weighted by Crippen LogP contribution is 2.35. The van der Waals surface area contributed by atoms with Crippen molar-refractivity contribution in [3.8, 4) is 11.5 Å². The molecule has 1 aromatic rings. The monoisotopic (exact) mass is 432 g/mol. The summed E-state index contributed by atoms with van der Waals surface area (Å²) in [4.78, 5) is 39.8. The van der Waals surface area contributed by atoms with Crippen LogP contribution in [-0.4, -0.2) is 60.6 Å². The maximum absolute atomic E-state index is 12.9. The minimum absolute atomic E-state index is 0.0476. The summed E-state index contributed by atoms with van der Waals surface area (Å²) in [5, 5.41) is 3.66. The molecule has 1 saturated heterocycles. The summed E-state index contributed by atoms with van der Waals surface area (Å²) >= 11 is 0. The Balaban J connectivity index is 1.60. The van der Waals surface area contributed by atoms with Gasteiger partial charge in [-0.05, 0) is 55.8 Å². The number of likely N-dealkylation sites (N-methyl/N-ethyl adjacent to an activating group) is 1. The first-order valence-electron chi connectivity index (χ1n) is 10.7. The van der Waals surface area contributed by atoms with Gasteiger partial charge in [-0.2, -0.15) is 5.01 Å². The molecule has 0 aromatic heterocycles. The van der Waals surface area contributed by atoms with E-state index >= 15 is 0 Å². The van der Waals surface area contributed by atoms with E-state index in [4.69, 9.17) is 9.47 Å². The van der Waals surface area contributed by atoms with Crippen LogP contribution in [0, 0.1) is 5.92 Å². The van der Waals surface area contributed by atoms with Gasteiger partial charge in [0.05, 0.1) is 20.8 Å². The molecule has 0 bridgehead atoms. The Kier molecular flexibility index (Phi) is 7.04. The van der Waals surface area contributed by atoms with Gasteiger partial charge in [-0.1, -0.05) is 19.9 Å². The Morgan fingerprint density at radius 1 is 1.23 bits per heavy atom. The maximum atomic E-state index is 12.9. The van der Waals surface area contributed by atoms with E-state index in [1.54, 1.807) is 14.2 Å². The predicted octanol–water partition coefficient (Wildman–Crippen LogP) is 2.06. The van der Waals surface area contributed by atoms with Crippen molar-refractivity contribution in [3.05, 3.63) is 23.8 Å². The molecule has 0 atom stereocenters. The Hall–Kier alpha value is -2.81. The van der Waals surface area contributed by atoms with Gasteiger partial charge in [0.25, 0.3) is 11.8 Å². The first-order chi connectivity index (χ1) is 14.8. The third-order valence-electron chi connectivity index (χ3n) is 6.19. The number of ether oxygens (including phenoxy) is 2. The summed E-state index contributed by atoms with van der Waals surface area (Å²) in [5.74, 6) is 1.02. The van der Waals surface area contributed by atoms with E-state index in [1.807, 2.05) is 30.0 Å². The quantitative estimate of drug-likeness (QED) is 0.610. The van der Waals surface area contributed by atoms with Crippen LogP contribution in [0.5, 0.6) is 11.5 Å². The van der Waals surface area contributed by atoms with E-state index in [0.717, 1.165) is 23.4 Å². The molecule has 1 aromatic carbocycles. The normalized spacial score (nSPS) is 23.3. The molecular weight excluding hydrogens is 400 g/mol. The molecule has 9 heteroatoms. The van der Waals surface area contributed by atoms with E-state index in [0.29, 0.717) is 43.3 Å². The number of nitrogens with zero attached hydrogens (tertiary/aromatic N) is 2. The fraction of sp³-hybridized carbons (Fsp3) is 0.591. The van der Waals surface area contributed by atoms with Crippen LogP contribution in [0.15, 0.2) is 18.2 Å². The molecule has 0 radical (unpaired) electrons. The number of urea groups is 1. The van der Waals surface area contributed by atoms with Crippen LogP contribution < -0.4 is 20.2 Å². The third-order valence-corrected chi connectivity index (χ3v) is 6.19. The van der Waals surface area contributed by atoms with Crippen molar-refractivity contribution in [1.82, 2.24) is 20.7 Å². The van der Waals surface area contributed by atoms with Gasteiger partial charge < -0.3 is 14.8 Å². The van der Waals surface area contributed by atoms with E-state index < -0.39 is 17.5 Å². The molecule has 3 rings (SSSR count). The van der Waals surface area contributed by atoms with Gasteiger partial charge in [0.2, 0.25) is 0 Å². The molecule has 4 amide bonds. The second-order valence-corrected chi connectivity index (χ2v) is 8.36. The molecule has 2 fully saturated rings.